The number of alkyl halides is 3. The molecule has 0 saturated heterocycles. The number of fused-ring (bicyclic) bond motifs is 1. The maximum absolute atomic E-state index is 13.8. The second-order valence-corrected chi connectivity index (χ2v) is 10.6. The third-order valence-electron chi connectivity index (χ3n) is 6.05. The Balaban J connectivity index is 1.81. The number of hydrogen-bond donors (Lipinski definition) is 1. The van der Waals surface area contributed by atoms with Crippen LogP contribution in [0.15, 0.2) is 101 Å². The van der Waals surface area contributed by atoms with Crippen LogP contribution in [-0.2, 0) is 17.5 Å². The molecule has 1 aromatic heterocycles. The van der Waals surface area contributed by atoms with Gasteiger partial charge in [0, 0.05) is 28.0 Å². The van der Waals surface area contributed by atoms with Crippen LogP contribution in [0.2, 0.25) is 5.02 Å². The first-order valence-corrected chi connectivity index (χ1v) is 13.7. The van der Waals surface area contributed by atoms with E-state index >= 15 is 0 Å². The van der Waals surface area contributed by atoms with Crippen molar-refractivity contribution in [2.45, 2.75) is 31.0 Å². The van der Waals surface area contributed by atoms with Crippen LogP contribution in [0.25, 0.3) is 22.0 Å². The molecule has 5 nitrogen and oxygen atoms in total. The third kappa shape index (κ3) is 7.03. The van der Waals surface area contributed by atoms with Gasteiger partial charge in [0.25, 0.3) is 5.91 Å². The highest BCUT2D eigenvalue weighted by Crippen LogP contribution is 2.36. The number of carbonyl (C=O) groups excluding carboxylic acids is 1. The van der Waals surface area contributed by atoms with E-state index in [4.69, 9.17) is 16.3 Å². The van der Waals surface area contributed by atoms with Crippen molar-refractivity contribution in [3.05, 3.63) is 107 Å². The summed E-state index contributed by atoms with van der Waals surface area (Å²) in [6.07, 6.45) is -1.33. The van der Waals surface area contributed by atoms with E-state index in [9.17, 15) is 22.2 Å². The second kappa shape index (κ2) is 12.6. The van der Waals surface area contributed by atoms with E-state index in [0.29, 0.717) is 26.8 Å². The Morgan fingerprint density at radius 1 is 1.05 bits per heavy atom. The number of halogens is 4. The lowest BCUT2D eigenvalue weighted by molar-refractivity contribution is -0.125. The van der Waals surface area contributed by atoms with Crippen molar-refractivity contribution in [1.29, 1.82) is 0 Å². The minimum atomic E-state index is -4.28. The zero-order valence-corrected chi connectivity index (χ0v) is 23.2. The highest BCUT2D eigenvalue weighted by atomic mass is 35.5. The van der Waals surface area contributed by atoms with E-state index in [2.05, 4.69) is 4.72 Å². The lowest BCUT2D eigenvalue weighted by Gasteiger charge is -2.13. The van der Waals surface area contributed by atoms with Crippen LogP contribution in [-0.4, -0.2) is 28.0 Å². The molecule has 1 amide bonds. The molecule has 0 aliphatic heterocycles. The Kier molecular flexibility index (Phi) is 9.17. The van der Waals surface area contributed by atoms with E-state index in [-0.39, 0.29) is 12.2 Å². The Morgan fingerprint density at radius 2 is 1.73 bits per heavy atom. The number of amides is 1. The minimum Gasteiger partial charge on any atom is -0.497 e. The van der Waals surface area contributed by atoms with Crippen LogP contribution in [0.1, 0.15) is 23.8 Å². The Labute approximate surface area is 237 Å². The van der Waals surface area contributed by atoms with Gasteiger partial charge in [-0.2, -0.15) is 13.2 Å². The molecule has 10 heteroatoms. The summed E-state index contributed by atoms with van der Waals surface area (Å²) < 4.78 is 60.4. The molecule has 1 atom stereocenters. The van der Waals surface area contributed by atoms with Crippen molar-refractivity contribution >= 4 is 39.4 Å². The van der Waals surface area contributed by atoms with Gasteiger partial charge in [0.05, 0.1) is 18.4 Å². The number of nitrogens with zero attached hydrogens (tertiary/aromatic N) is 1. The maximum Gasteiger partial charge on any atom is 0.392 e. The summed E-state index contributed by atoms with van der Waals surface area (Å²) in [5.74, 6) is 0.0717. The van der Waals surface area contributed by atoms with Gasteiger partial charge in [-0.05, 0) is 55.0 Å². The molecule has 3 aromatic carbocycles. The van der Waals surface area contributed by atoms with Gasteiger partial charge in [0.2, 0.25) is 0 Å². The first-order valence-electron chi connectivity index (χ1n) is 12.2. The molecule has 4 rings (SSSR count). The van der Waals surface area contributed by atoms with Crippen LogP contribution in [0, 0.1) is 0 Å². The lowest BCUT2D eigenvalue weighted by Crippen LogP contribution is -2.28. The predicted molar refractivity (Wildman–Crippen MR) is 153 cm³/mol. The number of allylic oxidation sites excluding steroid dienone is 4. The summed E-state index contributed by atoms with van der Waals surface area (Å²) >= 11 is 5.95. The topological polar surface area (TPSA) is 60.3 Å². The predicted octanol–water partition coefficient (Wildman–Crippen LogP) is 7.88. The maximum atomic E-state index is 13.8. The molecule has 0 aliphatic rings. The fourth-order valence-electron chi connectivity index (χ4n) is 4.24. The van der Waals surface area contributed by atoms with E-state index in [0.717, 1.165) is 22.5 Å². The Bertz CT molecular complexity index is 1590. The summed E-state index contributed by atoms with van der Waals surface area (Å²) in [7, 11) is -0.314. The van der Waals surface area contributed by atoms with Crippen LogP contribution < -0.4 is 9.46 Å². The van der Waals surface area contributed by atoms with Gasteiger partial charge in [0.15, 0.2) is 11.0 Å². The monoisotopic (exact) mass is 586 g/mol. The number of ether oxygens (including phenoxy) is 1. The lowest BCUT2D eigenvalue weighted by atomic mass is 10.0. The van der Waals surface area contributed by atoms with E-state index in [1.54, 1.807) is 61.1 Å². The molecule has 0 saturated carbocycles. The van der Waals surface area contributed by atoms with Crippen LogP contribution in [0.3, 0.4) is 0 Å². The highest BCUT2D eigenvalue weighted by molar-refractivity contribution is 7.83. The van der Waals surface area contributed by atoms with Crippen molar-refractivity contribution < 1.29 is 26.9 Å². The van der Waals surface area contributed by atoms with Crippen molar-refractivity contribution in [2.24, 2.45) is 0 Å². The van der Waals surface area contributed by atoms with Gasteiger partial charge >= 0.3 is 6.18 Å². The second-order valence-electron chi connectivity index (χ2n) is 8.97. The van der Waals surface area contributed by atoms with Gasteiger partial charge < -0.3 is 9.30 Å². The first-order chi connectivity index (χ1) is 19.1. The zero-order valence-electron chi connectivity index (χ0n) is 21.7. The number of para-hydroxylation sites is 1. The number of nitrogens with one attached hydrogen (secondary N) is 1. The molecule has 1 unspecified atom stereocenters. The molecule has 0 fully saturated rings. The number of hydrogen-bond acceptors (Lipinski definition) is 3. The quantitative estimate of drug-likeness (QED) is 0.203. The number of rotatable bonds is 9. The molecule has 1 heterocycles. The Hall–Kier alpha value is -3.82. The Morgan fingerprint density at radius 3 is 2.38 bits per heavy atom. The highest BCUT2D eigenvalue weighted by Gasteiger charge is 2.26. The van der Waals surface area contributed by atoms with E-state index in [1.807, 2.05) is 36.4 Å². The van der Waals surface area contributed by atoms with Gasteiger partial charge in [0.1, 0.15) is 11.4 Å². The number of aromatic nitrogens is 1. The van der Waals surface area contributed by atoms with Crippen LogP contribution in [0.5, 0.6) is 5.75 Å². The van der Waals surface area contributed by atoms with Gasteiger partial charge in [-0.25, -0.2) is 4.21 Å². The normalized spacial score (nSPS) is 13.1. The van der Waals surface area contributed by atoms with Gasteiger partial charge in [-0.15, -0.1) is 0 Å². The average Bonchev–Trinajstić information content (AvgIpc) is 3.25. The molecule has 0 bridgehead atoms. The molecule has 0 spiro atoms. The van der Waals surface area contributed by atoms with Crippen molar-refractivity contribution in [3.63, 3.8) is 0 Å². The minimum absolute atomic E-state index is 0.212. The average molecular weight is 587 g/mol. The number of methoxy groups -OCH3 is 1. The first kappa shape index (κ1) is 29.2. The largest absolute Gasteiger partial charge is 0.497 e. The zero-order chi connectivity index (χ0) is 28.9. The SMILES string of the molecule is COc1ccc(-c2c(C(=O)NS(=O)c3ccc(Cl)cc3)n(C/C(C)=C/C=C\CC(F)(F)F)c3ccccc23)cc1. The third-order valence-corrected chi connectivity index (χ3v) is 7.37. The van der Waals surface area contributed by atoms with Crippen molar-refractivity contribution in [2.75, 3.05) is 7.11 Å². The number of benzene rings is 3. The molecule has 0 aliphatic carbocycles. The van der Waals surface area contributed by atoms with Crippen LogP contribution >= 0.6 is 11.6 Å². The number of carbonyl (C=O) groups is 1. The molecule has 208 valence electrons. The molecule has 4 aromatic rings. The van der Waals surface area contributed by atoms with Gasteiger partial charge in [-0.3, -0.25) is 9.52 Å². The standard InChI is InChI=1S/C30H26ClF3N2O3S/c1-20(7-5-6-18-30(32,33)34)19-36-26-9-4-3-8-25(26)27(21-10-14-23(39-2)15-11-21)28(36)29(37)35-40(38)24-16-12-22(31)13-17-24/h3-17H,18-19H2,1-2H3,(H,35,37)/b6-5-,20-7+. The molecule has 0 radical (unpaired) electrons. The fraction of sp³-hybridized carbons (Fsp3) is 0.167. The summed E-state index contributed by atoms with van der Waals surface area (Å²) in [4.78, 5) is 14.2. The summed E-state index contributed by atoms with van der Waals surface area (Å²) in [6, 6.07) is 21.0. The van der Waals surface area contributed by atoms with Gasteiger partial charge in [-0.1, -0.05) is 65.7 Å². The molecular weight excluding hydrogens is 561 g/mol. The summed E-state index contributed by atoms with van der Waals surface area (Å²) in [5, 5.41) is 1.26. The summed E-state index contributed by atoms with van der Waals surface area (Å²) in [5.41, 5.74) is 3.09. The van der Waals surface area contributed by atoms with Crippen molar-refractivity contribution in [1.82, 2.24) is 9.29 Å². The van der Waals surface area contributed by atoms with Crippen molar-refractivity contribution in [3.8, 4) is 16.9 Å². The smallest absolute Gasteiger partial charge is 0.392 e. The molecule has 40 heavy (non-hydrogen) atoms. The van der Waals surface area contributed by atoms with E-state index in [1.165, 1.54) is 6.08 Å². The molecule has 1 N–H and O–H groups in total. The van der Waals surface area contributed by atoms with Crippen LogP contribution in [0.4, 0.5) is 13.2 Å². The molecular formula is C30H26ClF3N2O3S. The fourth-order valence-corrected chi connectivity index (χ4v) is 5.13. The van der Waals surface area contributed by atoms with E-state index < -0.39 is 29.5 Å². The summed E-state index contributed by atoms with van der Waals surface area (Å²) in [6.45, 7) is 1.98.